The number of hydrogen-bond acceptors (Lipinski definition) is 3. The SMILES string of the molecule is O=C(O)c1ccccc1C1CCN(CCc2ccccc2N2CCCCC2)C1. The number of rotatable bonds is 6. The predicted octanol–water partition coefficient (Wildman–Crippen LogP) is 4.41. The summed E-state index contributed by atoms with van der Waals surface area (Å²) in [5, 5.41) is 9.48. The van der Waals surface area contributed by atoms with Gasteiger partial charge in [-0.25, -0.2) is 4.79 Å². The summed E-state index contributed by atoms with van der Waals surface area (Å²) in [7, 11) is 0. The summed E-state index contributed by atoms with van der Waals surface area (Å²) in [6, 6.07) is 16.4. The van der Waals surface area contributed by atoms with Crippen molar-refractivity contribution in [2.24, 2.45) is 0 Å². The number of carbonyl (C=O) groups is 1. The van der Waals surface area contributed by atoms with E-state index in [1.54, 1.807) is 6.07 Å². The number of nitrogens with zero attached hydrogens (tertiary/aromatic N) is 2. The van der Waals surface area contributed by atoms with Crippen LogP contribution < -0.4 is 4.90 Å². The van der Waals surface area contributed by atoms with Crippen molar-refractivity contribution in [1.29, 1.82) is 0 Å². The lowest BCUT2D eigenvalue weighted by Crippen LogP contribution is -2.31. The number of piperidine rings is 1. The van der Waals surface area contributed by atoms with E-state index in [-0.39, 0.29) is 0 Å². The number of aromatic carboxylic acids is 1. The van der Waals surface area contributed by atoms with Crippen LogP contribution in [0.25, 0.3) is 0 Å². The Morgan fingerprint density at radius 1 is 0.964 bits per heavy atom. The van der Waals surface area contributed by atoms with Crippen LogP contribution >= 0.6 is 0 Å². The van der Waals surface area contributed by atoms with Crippen molar-refractivity contribution >= 4 is 11.7 Å². The molecule has 2 saturated heterocycles. The Hall–Kier alpha value is -2.33. The lowest BCUT2D eigenvalue weighted by molar-refractivity contribution is 0.0695. The first-order valence-electron chi connectivity index (χ1n) is 10.6. The highest BCUT2D eigenvalue weighted by atomic mass is 16.4. The molecule has 2 heterocycles. The fourth-order valence-corrected chi connectivity index (χ4v) is 4.78. The summed E-state index contributed by atoms with van der Waals surface area (Å²) in [6.45, 7) is 5.39. The Morgan fingerprint density at radius 3 is 2.54 bits per heavy atom. The number of benzene rings is 2. The second-order valence-corrected chi connectivity index (χ2v) is 8.11. The Labute approximate surface area is 167 Å². The van der Waals surface area contributed by atoms with Gasteiger partial charge in [0.05, 0.1) is 5.56 Å². The number of hydrogen-bond donors (Lipinski definition) is 1. The van der Waals surface area contributed by atoms with E-state index in [0.29, 0.717) is 11.5 Å². The molecular weight excluding hydrogens is 348 g/mol. The van der Waals surface area contributed by atoms with Crippen molar-refractivity contribution < 1.29 is 9.90 Å². The maximum Gasteiger partial charge on any atom is 0.335 e. The molecule has 0 bridgehead atoms. The lowest BCUT2D eigenvalue weighted by atomic mass is 9.93. The van der Waals surface area contributed by atoms with Crippen LogP contribution in [0.2, 0.25) is 0 Å². The van der Waals surface area contributed by atoms with Crippen LogP contribution in [-0.2, 0) is 6.42 Å². The fraction of sp³-hybridized carbons (Fsp3) is 0.458. The number of anilines is 1. The van der Waals surface area contributed by atoms with E-state index >= 15 is 0 Å². The molecule has 2 aliphatic rings. The van der Waals surface area contributed by atoms with E-state index < -0.39 is 5.97 Å². The summed E-state index contributed by atoms with van der Waals surface area (Å²) in [6.07, 6.45) is 6.04. The van der Waals surface area contributed by atoms with E-state index in [1.807, 2.05) is 18.2 Å². The monoisotopic (exact) mass is 378 g/mol. The summed E-state index contributed by atoms with van der Waals surface area (Å²) in [4.78, 5) is 16.6. The van der Waals surface area contributed by atoms with Gasteiger partial charge in [-0.3, -0.25) is 0 Å². The van der Waals surface area contributed by atoms with Gasteiger partial charge in [-0.15, -0.1) is 0 Å². The molecule has 0 saturated carbocycles. The van der Waals surface area contributed by atoms with Gasteiger partial charge in [-0.2, -0.15) is 0 Å². The first kappa shape index (κ1) is 19.0. The first-order valence-corrected chi connectivity index (χ1v) is 10.6. The molecule has 2 aromatic rings. The smallest absolute Gasteiger partial charge is 0.335 e. The van der Waals surface area contributed by atoms with Crippen LogP contribution in [0.5, 0.6) is 0 Å². The Balaban J connectivity index is 1.39. The van der Waals surface area contributed by atoms with E-state index in [0.717, 1.165) is 38.0 Å². The van der Waals surface area contributed by atoms with Gasteiger partial charge in [-0.1, -0.05) is 36.4 Å². The van der Waals surface area contributed by atoms with Crippen molar-refractivity contribution in [1.82, 2.24) is 4.90 Å². The minimum atomic E-state index is -0.815. The van der Waals surface area contributed by atoms with Crippen molar-refractivity contribution in [3.05, 3.63) is 65.2 Å². The Morgan fingerprint density at radius 2 is 1.71 bits per heavy atom. The zero-order chi connectivity index (χ0) is 19.3. The van der Waals surface area contributed by atoms with Gasteiger partial charge in [0.2, 0.25) is 0 Å². The third-order valence-corrected chi connectivity index (χ3v) is 6.29. The summed E-state index contributed by atoms with van der Waals surface area (Å²) < 4.78 is 0. The zero-order valence-electron chi connectivity index (χ0n) is 16.5. The lowest BCUT2D eigenvalue weighted by Gasteiger charge is -2.31. The number of carboxylic acid groups (broad SMARTS) is 1. The topological polar surface area (TPSA) is 43.8 Å². The number of carboxylic acids is 1. The molecule has 1 unspecified atom stereocenters. The van der Waals surface area contributed by atoms with Crippen LogP contribution in [0.15, 0.2) is 48.5 Å². The average Bonchev–Trinajstić information content (AvgIpc) is 3.22. The van der Waals surface area contributed by atoms with Crippen LogP contribution in [0, 0.1) is 0 Å². The molecule has 0 radical (unpaired) electrons. The van der Waals surface area contributed by atoms with Gasteiger partial charge in [-0.05, 0) is 67.8 Å². The maximum absolute atomic E-state index is 11.5. The number of likely N-dealkylation sites (tertiary alicyclic amines) is 1. The second-order valence-electron chi connectivity index (χ2n) is 8.11. The van der Waals surface area contributed by atoms with Crippen LogP contribution in [0.3, 0.4) is 0 Å². The molecule has 4 heteroatoms. The van der Waals surface area contributed by atoms with Crippen LogP contribution in [0.1, 0.15) is 53.1 Å². The maximum atomic E-state index is 11.5. The molecule has 1 atom stereocenters. The molecule has 28 heavy (non-hydrogen) atoms. The molecule has 2 aromatic carbocycles. The summed E-state index contributed by atoms with van der Waals surface area (Å²) >= 11 is 0. The van der Waals surface area contributed by atoms with E-state index in [1.165, 1.54) is 43.6 Å². The van der Waals surface area contributed by atoms with Crippen LogP contribution in [-0.4, -0.2) is 48.7 Å². The largest absolute Gasteiger partial charge is 0.478 e. The van der Waals surface area contributed by atoms with Crippen molar-refractivity contribution in [2.45, 2.75) is 38.0 Å². The number of para-hydroxylation sites is 1. The summed E-state index contributed by atoms with van der Waals surface area (Å²) in [5.41, 5.74) is 4.31. The fourth-order valence-electron chi connectivity index (χ4n) is 4.78. The Kier molecular flexibility index (Phi) is 5.96. The predicted molar refractivity (Wildman–Crippen MR) is 113 cm³/mol. The molecule has 4 rings (SSSR count). The van der Waals surface area contributed by atoms with Gasteiger partial charge in [0.1, 0.15) is 0 Å². The minimum absolute atomic E-state index is 0.324. The Bertz CT molecular complexity index is 814. The van der Waals surface area contributed by atoms with Crippen molar-refractivity contribution in [2.75, 3.05) is 37.6 Å². The normalized spacial score (nSPS) is 20.4. The quantitative estimate of drug-likeness (QED) is 0.809. The molecule has 2 aliphatic heterocycles. The summed E-state index contributed by atoms with van der Waals surface area (Å²) in [5.74, 6) is -0.492. The van der Waals surface area contributed by atoms with E-state index in [9.17, 15) is 9.90 Å². The zero-order valence-corrected chi connectivity index (χ0v) is 16.5. The van der Waals surface area contributed by atoms with E-state index in [2.05, 4.69) is 34.1 Å². The van der Waals surface area contributed by atoms with Gasteiger partial charge < -0.3 is 14.9 Å². The van der Waals surface area contributed by atoms with E-state index in [4.69, 9.17) is 0 Å². The second kappa shape index (κ2) is 8.78. The molecule has 4 nitrogen and oxygen atoms in total. The molecule has 0 spiro atoms. The molecule has 2 fully saturated rings. The first-order chi connectivity index (χ1) is 13.7. The van der Waals surface area contributed by atoms with Crippen molar-refractivity contribution in [3.63, 3.8) is 0 Å². The molecular formula is C24H30N2O2. The highest BCUT2D eigenvalue weighted by molar-refractivity contribution is 5.89. The van der Waals surface area contributed by atoms with Crippen molar-refractivity contribution in [3.8, 4) is 0 Å². The third kappa shape index (κ3) is 4.22. The molecule has 0 aromatic heterocycles. The molecule has 148 valence electrons. The molecule has 0 amide bonds. The van der Waals surface area contributed by atoms with Gasteiger partial charge in [0, 0.05) is 31.9 Å². The highest BCUT2D eigenvalue weighted by Crippen LogP contribution is 2.30. The van der Waals surface area contributed by atoms with Gasteiger partial charge >= 0.3 is 5.97 Å². The molecule has 0 aliphatic carbocycles. The standard InChI is InChI=1S/C24H30N2O2/c27-24(28)22-10-4-3-9-21(22)20-13-17-25(18-20)16-12-19-8-2-5-11-23(19)26-14-6-1-7-15-26/h2-5,8-11,20H,1,6-7,12-18H2,(H,27,28). The van der Waals surface area contributed by atoms with Crippen LogP contribution in [0.4, 0.5) is 5.69 Å². The van der Waals surface area contributed by atoms with Gasteiger partial charge in [0.25, 0.3) is 0 Å². The van der Waals surface area contributed by atoms with Gasteiger partial charge in [0.15, 0.2) is 0 Å². The highest BCUT2D eigenvalue weighted by Gasteiger charge is 2.27. The third-order valence-electron chi connectivity index (χ3n) is 6.29. The minimum Gasteiger partial charge on any atom is -0.478 e. The average molecular weight is 379 g/mol. The molecule has 1 N–H and O–H groups in total.